The first-order valence-corrected chi connectivity index (χ1v) is 6.25. The van der Waals surface area contributed by atoms with E-state index < -0.39 is 18.6 Å². The van der Waals surface area contributed by atoms with Gasteiger partial charge in [0.15, 0.2) is 0 Å². The van der Waals surface area contributed by atoms with Crippen molar-refractivity contribution >= 4 is 0 Å². The van der Waals surface area contributed by atoms with Crippen LogP contribution >= 0.6 is 0 Å². The molecule has 4 heteroatoms. The molecule has 0 aliphatic heterocycles. The van der Waals surface area contributed by atoms with Crippen molar-refractivity contribution in [1.82, 2.24) is 5.32 Å². The third-order valence-electron chi connectivity index (χ3n) is 3.47. The number of alkyl halides is 3. The fourth-order valence-corrected chi connectivity index (χ4v) is 2.69. The average molecular weight is 237 g/mol. The van der Waals surface area contributed by atoms with Gasteiger partial charge >= 0.3 is 6.18 Å². The number of rotatable bonds is 4. The Labute approximate surface area is 95.8 Å². The molecule has 0 spiro atoms. The molecule has 0 aromatic rings. The van der Waals surface area contributed by atoms with Gasteiger partial charge in [0.25, 0.3) is 0 Å². The van der Waals surface area contributed by atoms with Crippen LogP contribution in [0.1, 0.15) is 52.4 Å². The molecule has 1 aliphatic carbocycles. The van der Waals surface area contributed by atoms with Gasteiger partial charge in [-0.25, -0.2) is 0 Å². The predicted molar refractivity (Wildman–Crippen MR) is 59.3 cm³/mol. The van der Waals surface area contributed by atoms with Gasteiger partial charge in [-0.2, -0.15) is 13.2 Å². The number of nitrogens with one attached hydrogen (secondary N) is 1. The maximum Gasteiger partial charge on any atom is 0.390 e. The van der Waals surface area contributed by atoms with Crippen LogP contribution in [0, 0.1) is 5.92 Å². The molecule has 3 atom stereocenters. The van der Waals surface area contributed by atoms with Crippen LogP contribution < -0.4 is 5.32 Å². The van der Waals surface area contributed by atoms with Crippen molar-refractivity contribution in [3.63, 3.8) is 0 Å². The Bertz CT molecular complexity index is 203. The van der Waals surface area contributed by atoms with Crippen molar-refractivity contribution < 1.29 is 13.2 Å². The second-order valence-electron chi connectivity index (χ2n) is 4.95. The molecule has 1 rings (SSSR count). The monoisotopic (exact) mass is 237 g/mol. The van der Waals surface area contributed by atoms with Gasteiger partial charge in [-0.1, -0.05) is 26.2 Å². The van der Waals surface area contributed by atoms with Crippen LogP contribution in [0.4, 0.5) is 13.2 Å². The molecule has 0 radical (unpaired) electrons. The largest absolute Gasteiger partial charge is 0.390 e. The van der Waals surface area contributed by atoms with Crippen molar-refractivity contribution in [2.45, 2.75) is 70.6 Å². The Morgan fingerprint density at radius 3 is 2.44 bits per heavy atom. The lowest BCUT2D eigenvalue weighted by molar-refractivity contribution is -0.139. The summed E-state index contributed by atoms with van der Waals surface area (Å²) in [5.74, 6) is 0.560. The summed E-state index contributed by atoms with van der Waals surface area (Å²) in [6, 6.07) is -0.173. The Morgan fingerprint density at radius 2 is 1.88 bits per heavy atom. The van der Waals surface area contributed by atoms with E-state index >= 15 is 0 Å². The third-order valence-corrected chi connectivity index (χ3v) is 3.47. The van der Waals surface area contributed by atoms with Crippen molar-refractivity contribution in [2.24, 2.45) is 5.92 Å². The van der Waals surface area contributed by atoms with E-state index in [0.29, 0.717) is 5.92 Å². The van der Waals surface area contributed by atoms with Crippen molar-refractivity contribution in [1.29, 1.82) is 0 Å². The quantitative estimate of drug-likeness (QED) is 0.782. The molecule has 3 unspecified atom stereocenters. The van der Waals surface area contributed by atoms with E-state index in [1.165, 1.54) is 6.42 Å². The van der Waals surface area contributed by atoms with Crippen LogP contribution in [0.25, 0.3) is 0 Å². The van der Waals surface area contributed by atoms with Gasteiger partial charge < -0.3 is 5.32 Å². The van der Waals surface area contributed by atoms with Crippen molar-refractivity contribution in [2.75, 3.05) is 0 Å². The van der Waals surface area contributed by atoms with Gasteiger partial charge in [-0.15, -0.1) is 0 Å². The summed E-state index contributed by atoms with van der Waals surface area (Å²) in [5, 5.41) is 3.16. The van der Waals surface area contributed by atoms with E-state index in [1.807, 2.05) is 0 Å². The molecular weight excluding hydrogens is 215 g/mol. The molecule has 1 saturated carbocycles. The Morgan fingerprint density at radius 1 is 1.25 bits per heavy atom. The van der Waals surface area contributed by atoms with Crippen LogP contribution in [0.2, 0.25) is 0 Å². The van der Waals surface area contributed by atoms with E-state index in [-0.39, 0.29) is 6.04 Å². The molecule has 16 heavy (non-hydrogen) atoms. The van der Waals surface area contributed by atoms with Crippen molar-refractivity contribution in [3.8, 4) is 0 Å². The standard InChI is InChI=1S/C12H22F3N/c1-3-10-6-4-5-7-11(10)16-9(2)8-12(13,14)15/h9-11,16H,3-8H2,1-2H3. The molecule has 1 aliphatic rings. The maximum absolute atomic E-state index is 12.2. The van der Waals surface area contributed by atoms with E-state index in [1.54, 1.807) is 6.92 Å². The molecule has 0 aromatic carbocycles. The predicted octanol–water partition coefficient (Wildman–Crippen LogP) is 3.89. The smallest absolute Gasteiger partial charge is 0.311 e. The zero-order chi connectivity index (χ0) is 12.2. The molecule has 1 fully saturated rings. The first-order valence-electron chi connectivity index (χ1n) is 6.25. The minimum atomic E-state index is -4.05. The second-order valence-corrected chi connectivity index (χ2v) is 4.95. The van der Waals surface area contributed by atoms with Crippen molar-refractivity contribution in [3.05, 3.63) is 0 Å². The third kappa shape index (κ3) is 4.73. The Balaban J connectivity index is 2.39. The first kappa shape index (κ1) is 13.8. The number of hydrogen-bond acceptors (Lipinski definition) is 1. The van der Waals surface area contributed by atoms with E-state index in [9.17, 15) is 13.2 Å². The Hall–Kier alpha value is -0.250. The highest BCUT2D eigenvalue weighted by Crippen LogP contribution is 2.28. The Kier molecular flexibility index (Phi) is 5.09. The average Bonchev–Trinajstić information content (AvgIpc) is 2.15. The van der Waals surface area contributed by atoms with Crippen LogP contribution in [-0.2, 0) is 0 Å². The molecule has 0 heterocycles. The molecule has 0 amide bonds. The van der Waals surface area contributed by atoms with E-state index in [4.69, 9.17) is 0 Å². The van der Waals surface area contributed by atoms with Gasteiger partial charge in [-0.3, -0.25) is 0 Å². The van der Waals surface area contributed by atoms with Crippen LogP contribution in [0.5, 0.6) is 0 Å². The SMILES string of the molecule is CCC1CCCCC1NC(C)CC(F)(F)F. The van der Waals surface area contributed by atoms with E-state index in [2.05, 4.69) is 12.2 Å². The summed E-state index contributed by atoms with van der Waals surface area (Å²) in [6.07, 6.45) is 0.851. The van der Waals surface area contributed by atoms with Gasteiger partial charge in [0.05, 0.1) is 6.42 Å². The summed E-state index contributed by atoms with van der Waals surface area (Å²) in [7, 11) is 0. The molecule has 0 saturated heterocycles. The molecule has 1 nitrogen and oxygen atoms in total. The summed E-state index contributed by atoms with van der Waals surface area (Å²) in [6.45, 7) is 3.76. The summed E-state index contributed by atoms with van der Waals surface area (Å²) in [4.78, 5) is 0. The second kappa shape index (κ2) is 5.89. The highest BCUT2D eigenvalue weighted by Gasteiger charge is 2.32. The molecule has 96 valence electrons. The topological polar surface area (TPSA) is 12.0 Å². The van der Waals surface area contributed by atoms with Gasteiger partial charge in [0.2, 0.25) is 0 Å². The minimum Gasteiger partial charge on any atom is -0.311 e. The highest BCUT2D eigenvalue weighted by molar-refractivity contribution is 4.82. The normalized spacial score (nSPS) is 29.1. The summed E-state index contributed by atoms with van der Waals surface area (Å²) < 4.78 is 36.6. The molecular formula is C12H22F3N. The zero-order valence-electron chi connectivity index (χ0n) is 10.1. The summed E-state index contributed by atoms with van der Waals surface area (Å²) in [5.41, 5.74) is 0. The molecule has 1 N–H and O–H groups in total. The van der Waals surface area contributed by atoms with Crippen LogP contribution in [-0.4, -0.2) is 18.3 Å². The molecule has 0 bridgehead atoms. The minimum absolute atomic E-state index is 0.288. The number of hydrogen-bond donors (Lipinski definition) is 1. The van der Waals surface area contributed by atoms with E-state index in [0.717, 1.165) is 25.7 Å². The lowest BCUT2D eigenvalue weighted by Gasteiger charge is -2.34. The van der Waals surface area contributed by atoms with Gasteiger partial charge in [0.1, 0.15) is 0 Å². The zero-order valence-corrected chi connectivity index (χ0v) is 10.1. The first-order chi connectivity index (χ1) is 7.42. The highest BCUT2D eigenvalue weighted by atomic mass is 19.4. The van der Waals surface area contributed by atoms with Gasteiger partial charge in [-0.05, 0) is 25.7 Å². The van der Waals surface area contributed by atoms with Crippen LogP contribution in [0.15, 0.2) is 0 Å². The number of halogens is 3. The lowest BCUT2D eigenvalue weighted by atomic mass is 9.82. The lowest BCUT2D eigenvalue weighted by Crippen LogP contribution is -2.44. The summed E-state index contributed by atoms with van der Waals surface area (Å²) >= 11 is 0. The maximum atomic E-state index is 12.2. The molecule has 0 aromatic heterocycles. The fourth-order valence-electron chi connectivity index (χ4n) is 2.69. The fraction of sp³-hybridized carbons (Fsp3) is 1.00. The van der Waals surface area contributed by atoms with Crippen LogP contribution in [0.3, 0.4) is 0 Å². The van der Waals surface area contributed by atoms with Gasteiger partial charge in [0, 0.05) is 12.1 Å².